The summed E-state index contributed by atoms with van der Waals surface area (Å²) in [6.45, 7) is 4.12. The Balaban J connectivity index is 1.56. The molecular formula is C18H20F2N4O2S2. The van der Waals surface area contributed by atoms with Crippen molar-refractivity contribution in [2.24, 2.45) is 0 Å². The number of aromatic nitrogens is 2. The van der Waals surface area contributed by atoms with E-state index in [9.17, 15) is 18.4 Å². The fourth-order valence-corrected chi connectivity index (χ4v) is 4.88. The number of hydrogen-bond donors (Lipinski definition) is 1. The topological polar surface area (TPSA) is 75.2 Å². The number of carbonyl (C=O) groups is 2. The van der Waals surface area contributed by atoms with Gasteiger partial charge in [-0.2, -0.15) is 0 Å². The number of likely N-dealkylation sites (tertiary alicyclic amines) is 1. The third-order valence-electron chi connectivity index (χ3n) is 4.60. The molecule has 1 fully saturated rings. The van der Waals surface area contributed by atoms with Gasteiger partial charge in [0.1, 0.15) is 11.6 Å². The van der Waals surface area contributed by atoms with Gasteiger partial charge in [0, 0.05) is 18.2 Å². The van der Waals surface area contributed by atoms with Crippen LogP contribution in [0.3, 0.4) is 0 Å². The van der Waals surface area contributed by atoms with Crippen LogP contribution in [0, 0.1) is 11.6 Å². The van der Waals surface area contributed by atoms with Crippen LogP contribution in [0.15, 0.2) is 22.5 Å². The summed E-state index contributed by atoms with van der Waals surface area (Å²) in [4.78, 5) is 26.6. The minimum Gasteiger partial charge on any atom is -0.337 e. The number of carbonyl (C=O) groups excluding carboxylic acids is 2. The van der Waals surface area contributed by atoms with Gasteiger partial charge in [0.05, 0.1) is 11.3 Å². The van der Waals surface area contributed by atoms with Crippen molar-refractivity contribution in [2.45, 2.75) is 49.5 Å². The third kappa shape index (κ3) is 4.85. The van der Waals surface area contributed by atoms with Crippen molar-refractivity contribution < 1.29 is 18.4 Å². The SMILES string of the molecule is C[C@H]1CCC[C@H](C)N1C(=O)CSc1nnc(NC(=O)c2ccc(F)cc2F)s1. The maximum atomic E-state index is 13.7. The predicted octanol–water partition coefficient (Wildman–Crippen LogP) is 3.95. The Morgan fingerprint density at radius 3 is 2.64 bits per heavy atom. The van der Waals surface area contributed by atoms with Crippen molar-refractivity contribution >= 4 is 40.0 Å². The van der Waals surface area contributed by atoms with Gasteiger partial charge in [-0.15, -0.1) is 10.2 Å². The molecule has 0 aliphatic carbocycles. The van der Waals surface area contributed by atoms with Crippen molar-refractivity contribution in [2.75, 3.05) is 11.1 Å². The lowest BCUT2D eigenvalue weighted by molar-refractivity contribution is -0.134. The number of anilines is 1. The van der Waals surface area contributed by atoms with Crippen molar-refractivity contribution in [3.63, 3.8) is 0 Å². The highest BCUT2D eigenvalue weighted by Gasteiger charge is 2.28. The molecular weight excluding hydrogens is 406 g/mol. The molecule has 3 rings (SSSR count). The Morgan fingerprint density at radius 2 is 1.96 bits per heavy atom. The van der Waals surface area contributed by atoms with E-state index in [1.807, 2.05) is 4.90 Å². The minimum absolute atomic E-state index is 0.0545. The Labute approximate surface area is 169 Å². The molecule has 1 aromatic heterocycles. The van der Waals surface area contributed by atoms with Gasteiger partial charge in [0.15, 0.2) is 4.34 Å². The Kier molecular flexibility index (Phi) is 6.61. The van der Waals surface area contributed by atoms with Crippen LogP contribution in [0.1, 0.15) is 43.5 Å². The van der Waals surface area contributed by atoms with Gasteiger partial charge in [0.2, 0.25) is 11.0 Å². The highest BCUT2D eigenvalue weighted by atomic mass is 32.2. The molecule has 1 aliphatic rings. The van der Waals surface area contributed by atoms with E-state index in [0.29, 0.717) is 10.4 Å². The van der Waals surface area contributed by atoms with Crippen LogP contribution in [0.2, 0.25) is 0 Å². The second-order valence-corrected chi connectivity index (χ2v) is 8.87. The Bertz CT molecular complexity index is 867. The van der Waals surface area contributed by atoms with Gasteiger partial charge in [0.25, 0.3) is 5.91 Å². The zero-order chi connectivity index (χ0) is 20.3. The lowest BCUT2D eigenvalue weighted by Gasteiger charge is -2.39. The largest absolute Gasteiger partial charge is 0.337 e. The van der Waals surface area contributed by atoms with E-state index < -0.39 is 17.5 Å². The zero-order valence-corrected chi connectivity index (χ0v) is 17.1. The molecule has 28 heavy (non-hydrogen) atoms. The summed E-state index contributed by atoms with van der Waals surface area (Å²) in [6.07, 6.45) is 3.15. The van der Waals surface area contributed by atoms with Crippen molar-refractivity contribution in [3.8, 4) is 0 Å². The molecule has 2 amide bonds. The van der Waals surface area contributed by atoms with E-state index in [-0.39, 0.29) is 34.4 Å². The summed E-state index contributed by atoms with van der Waals surface area (Å²) in [5.41, 5.74) is -0.283. The normalized spacial score (nSPS) is 19.5. The van der Waals surface area contributed by atoms with Gasteiger partial charge >= 0.3 is 0 Å². The number of thioether (sulfide) groups is 1. The standard InChI is InChI=1S/C18H20F2N4O2S2/c1-10-4-3-5-11(2)24(10)15(25)9-27-18-23-22-17(28-18)21-16(26)13-7-6-12(19)8-14(13)20/h6-8,10-11H,3-5,9H2,1-2H3,(H,21,22,26)/t10-,11-/m0/s1. The number of piperidine rings is 1. The van der Waals surface area contributed by atoms with E-state index in [1.165, 1.54) is 11.8 Å². The molecule has 2 atom stereocenters. The summed E-state index contributed by atoms with van der Waals surface area (Å²) in [7, 11) is 0. The first-order valence-corrected chi connectivity index (χ1v) is 10.7. The Hall–Kier alpha value is -2.07. The molecule has 1 N–H and O–H groups in total. The molecule has 150 valence electrons. The van der Waals surface area contributed by atoms with Crippen LogP contribution in [0.25, 0.3) is 0 Å². The van der Waals surface area contributed by atoms with Gasteiger partial charge in [-0.3, -0.25) is 14.9 Å². The highest BCUT2D eigenvalue weighted by Crippen LogP contribution is 2.28. The first-order valence-electron chi connectivity index (χ1n) is 8.89. The second-order valence-electron chi connectivity index (χ2n) is 6.67. The fourth-order valence-electron chi connectivity index (χ4n) is 3.27. The van der Waals surface area contributed by atoms with E-state index in [1.54, 1.807) is 0 Å². The quantitative estimate of drug-likeness (QED) is 0.579. The summed E-state index contributed by atoms with van der Waals surface area (Å²) in [6, 6.07) is 3.17. The maximum absolute atomic E-state index is 13.7. The summed E-state index contributed by atoms with van der Waals surface area (Å²) >= 11 is 2.35. The molecule has 1 saturated heterocycles. The van der Waals surface area contributed by atoms with Gasteiger partial charge in [-0.1, -0.05) is 23.1 Å². The van der Waals surface area contributed by atoms with Crippen molar-refractivity contribution in [1.82, 2.24) is 15.1 Å². The van der Waals surface area contributed by atoms with Crippen LogP contribution < -0.4 is 5.32 Å². The number of hydrogen-bond acceptors (Lipinski definition) is 6. The molecule has 10 heteroatoms. The lowest BCUT2D eigenvalue weighted by Crippen LogP contribution is -2.48. The first kappa shape index (κ1) is 20.7. The molecule has 1 aromatic carbocycles. The Morgan fingerprint density at radius 1 is 1.25 bits per heavy atom. The van der Waals surface area contributed by atoms with E-state index in [2.05, 4.69) is 29.4 Å². The number of halogens is 2. The monoisotopic (exact) mass is 426 g/mol. The molecule has 2 heterocycles. The van der Waals surface area contributed by atoms with Crippen LogP contribution in [-0.2, 0) is 4.79 Å². The highest BCUT2D eigenvalue weighted by molar-refractivity contribution is 8.01. The average molecular weight is 427 g/mol. The zero-order valence-electron chi connectivity index (χ0n) is 15.4. The third-order valence-corrected chi connectivity index (χ3v) is 6.56. The predicted molar refractivity (Wildman–Crippen MR) is 105 cm³/mol. The first-order chi connectivity index (χ1) is 13.3. The molecule has 0 radical (unpaired) electrons. The maximum Gasteiger partial charge on any atom is 0.260 e. The van der Waals surface area contributed by atoms with E-state index in [0.717, 1.165) is 42.7 Å². The number of rotatable bonds is 5. The van der Waals surface area contributed by atoms with Gasteiger partial charge in [-0.25, -0.2) is 8.78 Å². The van der Waals surface area contributed by atoms with Crippen LogP contribution in [0.4, 0.5) is 13.9 Å². The van der Waals surface area contributed by atoms with Crippen molar-refractivity contribution in [1.29, 1.82) is 0 Å². The summed E-state index contributed by atoms with van der Waals surface area (Å²) < 4.78 is 27.2. The molecule has 0 bridgehead atoms. The molecule has 0 saturated carbocycles. The smallest absolute Gasteiger partial charge is 0.260 e. The summed E-state index contributed by atoms with van der Waals surface area (Å²) in [5, 5.41) is 10.4. The number of nitrogens with zero attached hydrogens (tertiary/aromatic N) is 3. The number of benzene rings is 1. The van der Waals surface area contributed by atoms with Crippen LogP contribution >= 0.6 is 23.1 Å². The van der Waals surface area contributed by atoms with Gasteiger partial charge in [-0.05, 0) is 45.2 Å². The average Bonchev–Trinajstić information content (AvgIpc) is 3.07. The number of amides is 2. The van der Waals surface area contributed by atoms with Gasteiger partial charge < -0.3 is 4.90 Å². The summed E-state index contributed by atoms with van der Waals surface area (Å²) in [5.74, 6) is -2.15. The molecule has 0 spiro atoms. The molecule has 2 aromatic rings. The minimum atomic E-state index is -0.952. The van der Waals surface area contributed by atoms with Crippen LogP contribution in [-0.4, -0.2) is 44.7 Å². The molecule has 6 nitrogen and oxygen atoms in total. The lowest BCUT2D eigenvalue weighted by atomic mass is 9.98. The fraction of sp³-hybridized carbons (Fsp3) is 0.444. The molecule has 0 unspecified atom stereocenters. The van der Waals surface area contributed by atoms with Crippen LogP contribution in [0.5, 0.6) is 0 Å². The molecule has 1 aliphatic heterocycles. The van der Waals surface area contributed by atoms with E-state index >= 15 is 0 Å². The second kappa shape index (κ2) is 8.95. The van der Waals surface area contributed by atoms with E-state index in [4.69, 9.17) is 0 Å². The number of nitrogens with one attached hydrogen (secondary N) is 1. The van der Waals surface area contributed by atoms with Crippen molar-refractivity contribution in [3.05, 3.63) is 35.4 Å².